The maximum absolute atomic E-state index is 10.9. The average Bonchev–Trinajstić information content (AvgIpc) is 2.29. The maximum Gasteiger partial charge on any atom is 0.339 e. The van der Waals surface area contributed by atoms with E-state index < -0.39 is 5.97 Å². The van der Waals surface area contributed by atoms with Gasteiger partial charge in [0, 0.05) is 12.6 Å². The van der Waals surface area contributed by atoms with Crippen molar-refractivity contribution in [2.24, 2.45) is 0 Å². The monoisotopic (exact) mass is 237 g/mol. The van der Waals surface area contributed by atoms with Crippen molar-refractivity contribution >= 4 is 5.97 Å². The Labute approximate surface area is 102 Å². The number of rotatable bonds is 6. The lowest BCUT2D eigenvalue weighted by molar-refractivity contribution is 0.0691. The van der Waals surface area contributed by atoms with Crippen molar-refractivity contribution in [2.75, 3.05) is 20.2 Å². The van der Waals surface area contributed by atoms with Crippen molar-refractivity contribution < 1.29 is 14.6 Å². The fraction of sp³-hybridized carbons (Fsp3) is 0.462. The fourth-order valence-electron chi connectivity index (χ4n) is 1.33. The Morgan fingerprint density at radius 2 is 2.06 bits per heavy atom. The molecular formula is C13H19NO3. The first-order chi connectivity index (χ1) is 8.02. The van der Waals surface area contributed by atoms with E-state index in [9.17, 15) is 4.79 Å². The largest absolute Gasteiger partial charge is 0.491 e. The van der Waals surface area contributed by atoms with Gasteiger partial charge in [-0.1, -0.05) is 12.1 Å². The van der Waals surface area contributed by atoms with Gasteiger partial charge in [0.25, 0.3) is 0 Å². The number of carboxylic acids is 1. The van der Waals surface area contributed by atoms with E-state index in [0.29, 0.717) is 18.4 Å². The van der Waals surface area contributed by atoms with Gasteiger partial charge in [0.1, 0.15) is 17.9 Å². The van der Waals surface area contributed by atoms with Gasteiger partial charge in [-0.05, 0) is 33.0 Å². The smallest absolute Gasteiger partial charge is 0.339 e. The van der Waals surface area contributed by atoms with E-state index in [0.717, 1.165) is 6.54 Å². The first-order valence-corrected chi connectivity index (χ1v) is 5.67. The van der Waals surface area contributed by atoms with E-state index in [1.54, 1.807) is 24.3 Å². The van der Waals surface area contributed by atoms with Crippen LogP contribution in [0.2, 0.25) is 0 Å². The third kappa shape index (κ3) is 4.07. The van der Waals surface area contributed by atoms with Gasteiger partial charge in [-0.25, -0.2) is 4.79 Å². The predicted molar refractivity (Wildman–Crippen MR) is 66.7 cm³/mol. The highest BCUT2D eigenvalue weighted by atomic mass is 16.5. The molecule has 1 rings (SSSR count). The summed E-state index contributed by atoms with van der Waals surface area (Å²) in [6, 6.07) is 7.14. The molecule has 0 unspecified atom stereocenters. The van der Waals surface area contributed by atoms with Gasteiger partial charge in [0.05, 0.1) is 0 Å². The van der Waals surface area contributed by atoms with Crippen LogP contribution >= 0.6 is 0 Å². The minimum absolute atomic E-state index is 0.208. The molecule has 1 N–H and O–H groups in total. The van der Waals surface area contributed by atoms with Crippen LogP contribution in [-0.2, 0) is 0 Å². The highest BCUT2D eigenvalue weighted by Gasteiger charge is 2.10. The van der Waals surface area contributed by atoms with Crippen LogP contribution < -0.4 is 4.74 Å². The molecule has 94 valence electrons. The number of carbonyl (C=O) groups is 1. The summed E-state index contributed by atoms with van der Waals surface area (Å²) < 4.78 is 5.50. The van der Waals surface area contributed by atoms with Crippen molar-refractivity contribution in [3.05, 3.63) is 29.8 Å². The molecule has 0 atom stereocenters. The lowest BCUT2D eigenvalue weighted by atomic mass is 10.2. The first-order valence-electron chi connectivity index (χ1n) is 5.67. The van der Waals surface area contributed by atoms with E-state index in [1.165, 1.54) is 0 Å². The normalized spacial score (nSPS) is 10.9. The van der Waals surface area contributed by atoms with Crippen LogP contribution in [0, 0.1) is 0 Å². The molecule has 0 aromatic heterocycles. The number of hydrogen-bond donors (Lipinski definition) is 1. The molecular weight excluding hydrogens is 218 g/mol. The third-order valence-electron chi connectivity index (χ3n) is 2.70. The van der Waals surface area contributed by atoms with E-state index in [2.05, 4.69) is 18.7 Å². The minimum Gasteiger partial charge on any atom is -0.491 e. The molecule has 0 aliphatic heterocycles. The Kier molecular flexibility index (Phi) is 4.97. The van der Waals surface area contributed by atoms with Crippen LogP contribution in [0.3, 0.4) is 0 Å². The maximum atomic E-state index is 10.9. The van der Waals surface area contributed by atoms with Crippen LogP contribution in [0.1, 0.15) is 24.2 Å². The predicted octanol–water partition coefficient (Wildman–Crippen LogP) is 2.10. The molecule has 4 nitrogen and oxygen atoms in total. The van der Waals surface area contributed by atoms with Gasteiger partial charge in [0.2, 0.25) is 0 Å². The standard InChI is InChI=1S/C13H19NO3/c1-10(2)14(3)8-9-17-12-7-5-4-6-11(12)13(15)16/h4-7,10H,8-9H2,1-3H3,(H,15,16). The van der Waals surface area contributed by atoms with Crippen molar-refractivity contribution in [3.8, 4) is 5.75 Å². The zero-order chi connectivity index (χ0) is 12.8. The second kappa shape index (κ2) is 6.25. The molecule has 0 amide bonds. The van der Waals surface area contributed by atoms with Crippen LogP contribution in [0.25, 0.3) is 0 Å². The highest BCUT2D eigenvalue weighted by Crippen LogP contribution is 2.17. The molecule has 0 fully saturated rings. The quantitative estimate of drug-likeness (QED) is 0.823. The van der Waals surface area contributed by atoms with Crippen molar-refractivity contribution in [2.45, 2.75) is 19.9 Å². The lowest BCUT2D eigenvalue weighted by Gasteiger charge is -2.21. The second-order valence-electron chi connectivity index (χ2n) is 4.22. The van der Waals surface area contributed by atoms with Crippen LogP contribution in [0.5, 0.6) is 5.75 Å². The number of aromatic carboxylic acids is 1. The van der Waals surface area contributed by atoms with Crippen molar-refractivity contribution in [1.29, 1.82) is 0 Å². The Morgan fingerprint density at radius 1 is 1.41 bits per heavy atom. The molecule has 0 aliphatic rings. The summed E-state index contributed by atoms with van der Waals surface area (Å²) >= 11 is 0. The second-order valence-corrected chi connectivity index (χ2v) is 4.22. The molecule has 0 aliphatic carbocycles. The Hall–Kier alpha value is -1.55. The molecule has 0 bridgehead atoms. The fourth-order valence-corrected chi connectivity index (χ4v) is 1.33. The summed E-state index contributed by atoms with van der Waals surface area (Å²) in [5.74, 6) is -0.532. The summed E-state index contributed by atoms with van der Waals surface area (Å²) in [4.78, 5) is 13.1. The molecule has 17 heavy (non-hydrogen) atoms. The molecule has 0 heterocycles. The molecule has 1 aromatic carbocycles. The summed E-state index contributed by atoms with van der Waals surface area (Å²) in [7, 11) is 2.01. The number of hydrogen-bond acceptors (Lipinski definition) is 3. The molecule has 0 saturated heterocycles. The van der Waals surface area contributed by atoms with Crippen molar-refractivity contribution in [3.63, 3.8) is 0 Å². The molecule has 1 aromatic rings. The van der Waals surface area contributed by atoms with Crippen LogP contribution in [0.15, 0.2) is 24.3 Å². The molecule has 0 radical (unpaired) electrons. The number of para-hydroxylation sites is 1. The van der Waals surface area contributed by atoms with Crippen molar-refractivity contribution in [1.82, 2.24) is 4.90 Å². The zero-order valence-electron chi connectivity index (χ0n) is 10.5. The molecule has 0 saturated carbocycles. The van der Waals surface area contributed by atoms with Gasteiger partial charge in [-0.3, -0.25) is 0 Å². The van der Waals surface area contributed by atoms with Gasteiger partial charge < -0.3 is 14.7 Å². The van der Waals surface area contributed by atoms with E-state index >= 15 is 0 Å². The van der Waals surface area contributed by atoms with E-state index in [4.69, 9.17) is 9.84 Å². The number of benzene rings is 1. The highest BCUT2D eigenvalue weighted by molar-refractivity contribution is 5.90. The van der Waals surface area contributed by atoms with E-state index in [-0.39, 0.29) is 5.56 Å². The van der Waals surface area contributed by atoms with Crippen LogP contribution in [0.4, 0.5) is 0 Å². The number of carboxylic acid groups (broad SMARTS) is 1. The summed E-state index contributed by atoms with van der Waals surface area (Å²) in [6.07, 6.45) is 0. The van der Waals surface area contributed by atoms with Gasteiger partial charge in [0.15, 0.2) is 0 Å². The summed E-state index contributed by atoms with van der Waals surface area (Å²) in [5, 5.41) is 8.97. The zero-order valence-corrected chi connectivity index (χ0v) is 10.5. The number of ether oxygens (including phenoxy) is 1. The number of likely N-dealkylation sites (N-methyl/N-ethyl adjacent to an activating group) is 1. The number of nitrogens with zero attached hydrogens (tertiary/aromatic N) is 1. The minimum atomic E-state index is -0.960. The third-order valence-corrected chi connectivity index (χ3v) is 2.70. The average molecular weight is 237 g/mol. The van der Waals surface area contributed by atoms with E-state index in [1.807, 2.05) is 7.05 Å². The molecule has 4 heteroatoms. The Bertz CT molecular complexity index is 377. The Balaban J connectivity index is 2.55. The van der Waals surface area contributed by atoms with Gasteiger partial charge in [-0.2, -0.15) is 0 Å². The topological polar surface area (TPSA) is 49.8 Å². The first kappa shape index (κ1) is 13.5. The van der Waals surface area contributed by atoms with Gasteiger partial charge in [-0.15, -0.1) is 0 Å². The lowest BCUT2D eigenvalue weighted by Crippen LogP contribution is -2.30. The summed E-state index contributed by atoms with van der Waals surface area (Å²) in [5.41, 5.74) is 0.208. The SMILES string of the molecule is CC(C)N(C)CCOc1ccccc1C(=O)O. The van der Waals surface area contributed by atoms with Crippen LogP contribution in [-0.4, -0.2) is 42.2 Å². The van der Waals surface area contributed by atoms with Gasteiger partial charge >= 0.3 is 5.97 Å². The summed E-state index contributed by atoms with van der Waals surface area (Å²) in [6.45, 7) is 5.46. The molecule has 0 spiro atoms. The Morgan fingerprint density at radius 3 is 2.65 bits per heavy atom.